The zero-order valence-electron chi connectivity index (χ0n) is 9.74. The molecule has 0 atom stereocenters. The van der Waals surface area contributed by atoms with E-state index in [0.29, 0.717) is 5.56 Å². The van der Waals surface area contributed by atoms with Crippen LogP contribution in [0.2, 0.25) is 0 Å². The Morgan fingerprint density at radius 1 is 0.611 bits per heavy atom. The van der Waals surface area contributed by atoms with Gasteiger partial charge in [-0.05, 0) is 35.4 Å². The third-order valence-corrected chi connectivity index (χ3v) is 2.29. The molecule has 2 aromatic rings. The molecule has 18 heavy (non-hydrogen) atoms. The zero-order chi connectivity index (χ0) is 12.3. The molecule has 0 fully saturated rings. The van der Waals surface area contributed by atoms with Gasteiger partial charge in [-0.2, -0.15) is 0 Å². The van der Waals surface area contributed by atoms with Crippen molar-refractivity contribution in [2.45, 2.75) is 0 Å². The molecular formula is C14H12O3Zn. The molecule has 3 N–H and O–H groups in total. The fourth-order valence-electron chi connectivity index (χ4n) is 1.49. The van der Waals surface area contributed by atoms with Gasteiger partial charge in [0, 0.05) is 25.5 Å². The van der Waals surface area contributed by atoms with Gasteiger partial charge in [0.2, 0.25) is 0 Å². The molecule has 0 radical (unpaired) electrons. The molecule has 0 saturated carbocycles. The molecule has 2 rings (SSSR count). The molecule has 4 heteroatoms. The van der Waals surface area contributed by atoms with Crippen LogP contribution in [0.25, 0.3) is 12.2 Å². The molecule has 88 valence electrons. The standard InChI is InChI=1S/C14H12O3.Zn/c15-12-5-3-10(4-6-12)1-2-11-7-13(16)9-14(17)8-11;/h1-9,15-17H;. The van der Waals surface area contributed by atoms with Crippen LogP contribution in [0.4, 0.5) is 0 Å². The number of hydrogen-bond donors (Lipinski definition) is 3. The summed E-state index contributed by atoms with van der Waals surface area (Å²) in [4.78, 5) is 0. The van der Waals surface area contributed by atoms with Crippen LogP contribution in [-0.4, -0.2) is 15.3 Å². The first kappa shape index (κ1) is 14.3. The maximum atomic E-state index is 9.30. The van der Waals surface area contributed by atoms with Crippen molar-refractivity contribution in [1.82, 2.24) is 0 Å². The smallest absolute Gasteiger partial charge is 0.119 e. The maximum absolute atomic E-state index is 9.30. The number of rotatable bonds is 2. The van der Waals surface area contributed by atoms with Gasteiger partial charge in [0.1, 0.15) is 17.2 Å². The van der Waals surface area contributed by atoms with Gasteiger partial charge in [-0.1, -0.05) is 24.3 Å². The summed E-state index contributed by atoms with van der Waals surface area (Å²) in [5.41, 5.74) is 1.63. The van der Waals surface area contributed by atoms with Gasteiger partial charge in [-0.25, -0.2) is 0 Å². The molecular weight excluding hydrogens is 282 g/mol. The second kappa shape index (κ2) is 6.22. The van der Waals surface area contributed by atoms with E-state index >= 15 is 0 Å². The Morgan fingerprint density at radius 3 is 1.67 bits per heavy atom. The normalized spacial score (nSPS) is 10.2. The van der Waals surface area contributed by atoms with Crippen LogP contribution in [0.3, 0.4) is 0 Å². The number of aromatic hydroxyl groups is 3. The van der Waals surface area contributed by atoms with Crippen molar-refractivity contribution in [2.24, 2.45) is 0 Å². The Hall–Kier alpha value is -1.80. The zero-order valence-corrected chi connectivity index (χ0v) is 12.7. The third kappa shape index (κ3) is 3.90. The van der Waals surface area contributed by atoms with Crippen LogP contribution < -0.4 is 0 Å². The average Bonchev–Trinajstić information content (AvgIpc) is 2.27. The van der Waals surface area contributed by atoms with Gasteiger partial charge in [-0.15, -0.1) is 0 Å². The van der Waals surface area contributed by atoms with Crippen molar-refractivity contribution < 1.29 is 34.8 Å². The van der Waals surface area contributed by atoms with Gasteiger partial charge in [-0.3, -0.25) is 0 Å². The Labute approximate surface area is 118 Å². The van der Waals surface area contributed by atoms with Crippen molar-refractivity contribution in [3.05, 3.63) is 53.6 Å². The third-order valence-electron chi connectivity index (χ3n) is 2.29. The first-order chi connectivity index (χ1) is 8.13. The molecule has 0 aliphatic heterocycles. The van der Waals surface area contributed by atoms with E-state index in [1.165, 1.54) is 6.07 Å². The number of hydrogen-bond acceptors (Lipinski definition) is 3. The molecule has 0 amide bonds. The van der Waals surface area contributed by atoms with Crippen molar-refractivity contribution in [1.29, 1.82) is 0 Å². The topological polar surface area (TPSA) is 60.7 Å². The first-order valence-electron chi connectivity index (χ1n) is 5.13. The second-order valence-corrected chi connectivity index (χ2v) is 3.71. The van der Waals surface area contributed by atoms with Gasteiger partial charge in [0.15, 0.2) is 0 Å². The molecule has 0 aliphatic carbocycles. The summed E-state index contributed by atoms with van der Waals surface area (Å²) in [5, 5.41) is 27.7. The summed E-state index contributed by atoms with van der Waals surface area (Å²) in [7, 11) is 0. The number of phenolic OH excluding ortho intramolecular Hbond substituents is 3. The minimum absolute atomic E-state index is 0. The largest absolute Gasteiger partial charge is 0.508 e. The molecule has 0 heterocycles. The predicted molar refractivity (Wildman–Crippen MR) is 66.8 cm³/mol. The first-order valence-corrected chi connectivity index (χ1v) is 5.13. The Morgan fingerprint density at radius 2 is 1.11 bits per heavy atom. The monoisotopic (exact) mass is 292 g/mol. The average molecular weight is 294 g/mol. The molecule has 0 saturated heterocycles. The van der Waals surface area contributed by atoms with E-state index in [1.54, 1.807) is 42.5 Å². The number of phenols is 3. The molecule has 0 aromatic heterocycles. The van der Waals surface area contributed by atoms with E-state index in [-0.39, 0.29) is 36.7 Å². The summed E-state index contributed by atoms with van der Waals surface area (Å²) < 4.78 is 0. The van der Waals surface area contributed by atoms with Crippen LogP contribution in [0.5, 0.6) is 17.2 Å². The van der Waals surface area contributed by atoms with E-state index in [1.807, 2.05) is 6.08 Å². The summed E-state index contributed by atoms with van der Waals surface area (Å²) in [5.74, 6) is 0.267. The van der Waals surface area contributed by atoms with E-state index in [4.69, 9.17) is 5.11 Å². The van der Waals surface area contributed by atoms with Crippen molar-refractivity contribution in [3.63, 3.8) is 0 Å². The van der Waals surface area contributed by atoms with E-state index in [2.05, 4.69) is 0 Å². The van der Waals surface area contributed by atoms with Crippen LogP contribution in [0.15, 0.2) is 42.5 Å². The SMILES string of the molecule is Oc1ccc(C=Cc2cc(O)cc(O)c2)cc1.[Zn]. The minimum Gasteiger partial charge on any atom is -0.508 e. The van der Waals surface area contributed by atoms with Gasteiger partial charge in [0.25, 0.3) is 0 Å². The van der Waals surface area contributed by atoms with Crippen molar-refractivity contribution >= 4 is 12.2 Å². The fourth-order valence-corrected chi connectivity index (χ4v) is 1.49. The van der Waals surface area contributed by atoms with Crippen molar-refractivity contribution in [3.8, 4) is 17.2 Å². The summed E-state index contributed by atoms with van der Waals surface area (Å²) in [6.07, 6.45) is 3.60. The van der Waals surface area contributed by atoms with Gasteiger partial charge in [0.05, 0.1) is 0 Å². The molecule has 2 aromatic carbocycles. The van der Waals surface area contributed by atoms with Crippen LogP contribution in [-0.2, 0) is 19.5 Å². The molecule has 0 aliphatic rings. The Bertz CT molecular complexity index is 527. The number of benzene rings is 2. The Balaban J connectivity index is 0.00000162. The van der Waals surface area contributed by atoms with Crippen molar-refractivity contribution in [2.75, 3.05) is 0 Å². The summed E-state index contributed by atoms with van der Waals surface area (Å²) in [6, 6.07) is 11.1. The predicted octanol–water partition coefficient (Wildman–Crippen LogP) is 2.97. The fraction of sp³-hybridized carbons (Fsp3) is 0. The summed E-state index contributed by atoms with van der Waals surface area (Å²) in [6.45, 7) is 0. The second-order valence-electron chi connectivity index (χ2n) is 3.71. The maximum Gasteiger partial charge on any atom is 0.119 e. The minimum atomic E-state index is 0. The van der Waals surface area contributed by atoms with E-state index < -0.39 is 0 Å². The van der Waals surface area contributed by atoms with Crippen LogP contribution in [0, 0.1) is 0 Å². The van der Waals surface area contributed by atoms with Gasteiger partial charge >= 0.3 is 0 Å². The van der Waals surface area contributed by atoms with Crippen LogP contribution in [0.1, 0.15) is 11.1 Å². The molecule has 3 nitrogen and oxygen atoms in total. The molecule has 0 unspecified atom stereocenters. The van der Waals surface area contributed by atoms with E-state index in [9.17, 15) is 10.2 Å². The Kier molecular flexibility index (Phi) is 4.93. The quantitative estimate of drug-likeness (QED) is 0.589. The molecule has 0 bridgehead atoms. The summed E-state index contributed by atoms with van der Waals surface area (Å²) >= 11 is 0. The van der Waals surface area contributed by atoms with E-state index in [0.717, 1.165) is 5.56 Å². The van der Waals surface area contributed by atoms with Crippen LogP contribution >= 0.6 is 0 Å². The molecule has 0 spiro atoms. The van der Waals surface area contributed by atoms with Gasteiger partial charge < -0.3 is 15.3 Å².